The molecular weight excluding hydrogens is 645 g/mol. The smallest absolute Gasteiger partial charge is 0.230 e. The van der Waals surface area contributed by atoms with Crippen LogP contribution < -0.4 is 10.6 Å². The van der Waals surface area contributed by atoms with E-state index in [-0.39, 0.29) is 33.5 Å². The molecule has 0 aliphatic rings. The van der Waals surface area contributed by atoms with E-state index in [1.54, 1.807) is 0 Å². The molecule has 0 saturated heterocycles. The lowest BCUT2D eigenvalue weighted by atomic mass is 9.74. The maximum atomic E-state index is 13.4. The Kier molecular flexibility index (Phi) is 14.7. The molecule has 0 aliphatic heterocycles. The quantitative estimate of drug-likeness (QED) is 0.138. The summed E-state index contributed by atoms with van der Waals surface area (Å²) in [4.78, 5) is 26.8. The van der Waals surface area contributed by atoms with Crippen LogP contribution in [0, 0.1) is 0 Å². The van der Waals surface area contributed by atoms with Crippen LogP contribution in [0.5, 0.6) is 11.5 Å². The highest BCUT2D eigenvalue weighted by Gasteiger charge is 2.36. The highest BCUT2D eigenvalue weighted by atomic mass is 16.3. The van der Waals surface area contributed by atoms with Gasteiger partial charge >= 0.3 is 0 Å². The number of amides is 2. The van der Waals surface area contributed by atoms with Gasteiger partial charge in [-0.25, -0.2) is 0 Å². The van der Waals surface area contributed by atoms with Crippen molar-refractivity contribution in [1.82, 2.24) is 10.6 Å². The van der Waals surface area contributed by atoms with E-state index in [9.17, 15) is 19.8 Å². The van der Waals surface area contributed by atoms with Gasteiger partial charge in [0.15, 0.2) is 0 Å². The number of carbonyl (C=O) groups excluding carboxylic acids is 2. The molecule has 2 amide bonds. The Labute approximate surface area is 318 Å². The lowest BCUT2D eigenvalue weighted by Crippen LogP contribution is -2.41. The van der Waals surface area contributed by atoms with Crippen molar-refractivity contribution in [2.45, 2.75) is 195 Å². The first-order valence-corrected chi connectivity index (χ1v) is 19.9. The van der Waals surface area contributed by atoms with Crippen LogP contribution in [0.25, 0.3) is 0 Å². The van der Waals surface area contributed by atoms with E-state index < -0.39 is 10.8 Å². The number of aromatic hydroxyl groups is 2. The van der Waals surface area contributed by atoms with Crippen molar-refractivity contribution in [3.63, 3.8) is 0 Å². The van der Waals surface area contributed by atoms with Gasteiger partial charge in [-0.2, -0.15) is 0 Å². The molecule has 0 radical (unpaired) electrons. The Morgan fingerprint density at radius 1 is 0.423 bits per heavy atom. The van der Waals surface area contributed by atoms with Gasteiger partial charge in [-0.05, 0) is 95.6 Å². The summed E-state index contributed by atoms with van der Waals surface area (Å²) in [6, 6.07) is 8.06. The summed E-state index contributed by atoms with van der Waals surface area (Å²) in [5.41, 5.74) is 2.93. The summed E-state index contributed by atoms with van der Waals surface area (Å²) >= 11 is 0. The molecule has 0 fully saturated rings. The van der Waals surface area contributed by atoms with E-state index in [0.29, 0.717) is 24.6 Å². The fourth-order valence-electron chi connectivity index (χ4n) is 6.70. The summed E-state index contributed by atoms with van der Waals surface area (Å²) in [5, 5.41) is 28.6. The molecule has 0 bridgehead atoms. The number of hydrogen-bond donors (Lipinski definition) is 4. The van der Waals surface area contributed by atoms with Crippen LogP contribution in [-0.2, 0) is 42.1 Å². The largest absolute Gasteiger partial charge is 0.507 e. The van der Waals surface area contributed by atoms with E-state index >= 15 is 0 Å². The summed E-state index contributed by atoms with van der Waals surface area (Å²) in [7, 11) is 0. The fraction of sp³-hybridized carbons (Fsp3) is 0.696. The molecule has 52 heavy (non-hydrogen) atoms. The summed E-state index contributed by atoms with van der Waals surface area (Å²) in [6.07, 6.45) is 8.70. The number of hydrogen-bond acceptors (Lipinski definition) is 4. The normalized spacial score (nSPS) is 13.3. The van der Waals surface area contributed by atoms with E-state index in [2.05, 4.69) is 93.7 Å². The van der Waals surface area contributed by atoms with Gasteiger partial charge in [-0.15, -0.1) is 0 Å². The molecular formula is C46H76N2O4. The minimum Gasteiger partial charge on any atom is -0.507 e. The van der Waals surface area contributed by atoms with Crippen molar-refractivity contribution >= 4 is 11.8 Å². The van der Waals surface area contributed by atoms with E-state index in [4.69, 9.17) is 0 Å². The maximum Gasteiger partial charge on any atom is 0.230 e. The first-order chi connectivity index (χ1) is 23.5. The molecule has 2 aromatic carbocycles. The van der Waals surface area contributed by atoms with Gasteiger partial charge in [0.2, 0.25) is 11.8 Å². The van der Waals surface area contributed by atoms with Crippen LogP contribution in [-0.4, -0.2) is 35.1 Å². The fourth-order valence-corrected chi connectivity index (χ4v) is 6.70. The second-order valence-corrected chi connectivity index (χ2v) is 20.4. The van der Waals surface area contributed by atoms with Crippen LogP contribution in [0.2, 0.25) is 0 Å². The van der Waals surface area contributed by atoms with Gasteiger partial charge in [-0.3, -0.25) is 9.59 Å². The van der Waals surface area contributed by atoms with Gasteiger partial charge in [0, 0.05) is 13.1 Å². The number of benzene rings is 2. The molecule has 0 aromatic heterocycles. The third-order valence-corrected chi connectivity index (χ3v) is 10.7. The first-order valence-electron chi connectivity index (χ1n) is 19.9. The van der Waals surface area contributed by atoms with Crippen molar-refractivity contribution in [2.24, 2.45) is 0 Å². The Balaban J connectivity index is 1.77. The zero-order valence-corrected chi connectivity index (χ0v) is 36.1. The molecule has 6 heteroatoms. The standard InChI is InChI=1S/C46H76N2O4/c1-41(2,3)33-27-31(28-34(37(33)49)42(4,5)6)45(13,14)39(51)47-25-23-21-19-17-18-20-22-24-26-48-40(52)46(15,16)32-29-35(43(7,8)9)38(50)36(30-32)44(10,11)12/h27-30,49-50H,17-26H2,1-16H3,(H,47,51)(H,48,52). The number of phenolic OH excluding ortho intramolecular Hbond substituents is 2. The van der Waals surface area contributed by atoms with Crippen LogP contribution in [0.4, 0.5) is 0 Å². The topological polar surface area (TPSA) is 98.7 Å². The third-order valence-electron chi connectivity index (χ3n) is 10.7. The maximum absolute atomic E-state index is 13.4. The second-order valence-electron chi connectivity index (χ2n) is 20.4. The Morgan fingerprint density at radius 2 is 0.635 bits per heavy atom. The molecule has 4 N–H and O–H groups in total. The molecule has 0 heterocycles. The Morgan fingerprint density at radius 3 is 0.846 bits per heavy atom. The van der Waals surface area contributed by atoms with Crippen molar-refractivity contribution in [1.29, 1.82) is 0 Å². The van der Waals surface area contributed by atoms with E-state index in [0.717, 1.165) is 71.9 Å². The molecule has 0 unspecified atom stereocenters. The summed E-state index contributed by atoms with van der Waals surface area (Å²) in [5.74, 6) is 0.700. The van der Waals surface area contributed by atoms with Crippen LogP contribution in [0.3, 0.4) is 0 Å². The van der Waals surface area contributed by atoms with Gasteiger partial charge in [0.1, 0.15) is 11.5 Å². The van der Waals surface area contributed by atoms with Gasteiger partial charge < -0.3 is 20.8 Å². The van der Waals surface area contributed by atoms with Crippen molar-refractivity contribution in [3.8, 4) is 11.5 Å². The molecule has 2 aromatic rings. The Hall–Kier alpha value is -3.02. The lowest BCUT2D eigenvalue weighted by molar-refractivity contribution is -0.126. The van der Waals surface area contributed by atoms with Crippen LogP contribution >= 0.6 is 0 Å². The minimum absolute atomic E-state index is 0.0146. The molecule has 2 rings (SSSR count). The number of phenols is 2. The second kappa shape index (κ2) is 17.0. The average molecular weight is 721 g/mol. The predicted octanol–water partition coefficient (Wildman–Crippen LogP) is 10.9. The lowest BCUT2D eigenvalue weighted by Gasteiger charge is -2.32. The molecule has 0 aliphatic carbocycles. The van der Waals surface area contributed by atoms with Gasteiger partial charge in [0.25, 0.3) is 0 Å². The van der Waals surface area contributed by atoms with Crippen molar-refractivity contribution in [3.05, 3.63) is 57.6 Å². The van der Waals surface area contributed by atoms with Gasteiger partial charge in [0.05, 0.1) is 10.8 Å². The Bertz CT molecular complexity index is 1340. The van der Waals surface area contributed by atoms with E-state index in [1.165, 1.54) is 12.8 Å². The molecule has 6 nitrogen and oxygen atoms in total. The highest BCUT2D eigenvalue weighted by molar-refractivity contribution is 5.88. The predicted molar refractivity (Wildman–Crippen MR) is 220 cm³/mol. The summed E-state index contributed by atoms with van der Waals surface area (Å²) < 4.78 is 0. The van der Waals surface area contributed by atoms with E-state index in [1.807, 2.05) is 52.0 Å². The zero-order valence-electron chi connectivity index (χ0n) is 36.1. The molecule has 294 valence electrons. The summed E-state index contributed by atoms with van der Waals surface area (Å²) in [6.45, 7) is 34.4. The number of carbonyl (C=O) groups is 2. The average Bonchev–Trinajstić information content (AvgIpc) is 2.98. The number of nitrogens with one attached hydrogen (secondary N) is 2. The van der Waals surface area contributed by atoms with Crippen molar-refractivity contribution < 1.29 is 19.8 Å². The molecule has 0 saturated carbocycles. The number of unbranched alkanes of at least 4 members (excludes halogenated alkanes) is 7. The molecule has 0 atom stereocenters. The monoisotopic (exact) mass is 721 g/mol. The van der Waals surface area contributed by atoms with Crippen LogP contribution in [0.1, 0.15) is 196 Å². The number of rotatable bonds is 15. The SMILES string of the molecule is CC(C)(C)c1cc(C(C)(C)C(=O)NCCCCCCCCCCNC(=O)C(C)(C)c2cc(C(C)(C)C)c(O)c(C(C)(C)C)c2)cc(C(C)(C)C)c1O. The molecule has 0 spiro atoms. The van der Waals surface area contributed by atoms with Crippen LogP contribution in [0.15, 0.2) is 24.3 Å². The third kappa shape index (κ3) is 11.7. The van der Waals surface area contributed by atoms with Gasteiger partial charge in [-0.1, -0.05) is 146 Å². The van der Waals surface area contributed by atoms with Crippen molar-refractivity contribution in [2.75, 3.05) is 13.1 Å². The zero-order chi connectivity index (χ0) is 40.1. The highest BCUT2D eigenvalue weighted by Crippen LogP contribution is 2.43. The minimum atomic E-state index is -0.722. The first kappa shape index (κ1) is 45.1.